The van der Waals surface area contributed by atoms with Crippen molar-refractivity contribution in [3.63, 3.8) is 0 Å². The van der Waals surface area contributed by atoms with Gasteiger partial charge < -0.3 is 4.90 Å². The molecule has 0 saturated carbocycles. The van der Waals surface area contributed by atoms with Crippen LogP contribution in [-0.2, 0) is 0 Å². The number of hydrogen-bond donors (Lipinski definition) is 1. The highest BCUT2D eigenvalue weighted by Crippen LogP contribution is 2.45. The Balaban J connectivity index is 2.33. The van der Waals surface area contributed by atoms with Gasteiger partial charge in [0.15, 0.2) is 0 Å². The lowest BCUT2D eigenvalue weighted by atomic mass is 9.96. The molecule has 2 aliphatic heterocycles. The Morgan fingerprint density at radius 1 is 1.53 bits per heavy atom. The molecule has 1 saturated heterocycles. The molecule has 0 aromatic carbocycles. The van der Waals surface area contributed by atoms with Gasteiger partial charge >= 0.3 is 0 Å². The van der Waals surface area contributed by atoms with Crippen LogP contribution in [0.2, 0.25) is 0 Å². The second-order valence-electron chi connectivity index (χ2n) is 5.08. The largest absolute Gasteiger partial charge is 0.346 e. The minimum atomic E-state index is 0.0682. The van der Waals surface area contributed by atoms with Crippen molar-refractivity contribution >= 4 is 41.6 Å². The number of thiol groups is 1. The standard InChI is InChI=1S/C11H17NS3/c1-11(2,3)12-9(13)6-8-7(10(12)14)4-5-15-8/h6-7,10,14H,4-5H2,1-3H3. The Morgan fingerprint density at radius 3 is 2.80 bits per heavy atom. The van der Waals surface area contributed by atoms with E-state index in [1.54, 1.807) is 0 Å². The van der Waals surface area contributed by atoms with E-state index < -0.39 is 0 Å². The number of nitrogens with zero attached hydrogens (tertiary/aromatic N) is 1. The zero-order chi connectivity index (χ0) is 11.2. The van der Waals surface area contributed by atoms with E-state index in [0.29, 0.717) is 5.92 Å². The molecule has 0 N–H and O–H groups in total. The summed E-state index contributed by atoms with van der Waals surface area (Å²) in [5, 5.41) is 0.257. The fourth-order valence-corrected chi connectivity index (χ4v) is 5.04. The van der Waals surface area contributed by atoms with Crippen molar-refractivity contribution in [2.75, 3.05) is 5.75 Å². The van der Waals surface area contributed by atoms with Crippen molar-refractivity contribution in [1.29, 1.82) is 0 Å². The van der Waals surface area contributed by atoms with Crippen LogP contribution >= 0.6 is 36.6 Å². The predicted molar refractivity (Wildman–Crippen MR) is 75.6 cm³/mol. The number of fused-ring (bicyclic) bond motifs is 1. The summed E-state index contributed by atoms with van der Waals surface area (Å²) in [6.07, 6.45) is 3.41. The Kier molecular flexibility index (Phi) is 3.12. The zero-order valence-corrected chi connectivity index (χ0v) is 11.9. The smallest absolute Gasteiger partial charge is 0.104 e. The molecule has 4 heteroatoms. The van der Waals surface area contributed by atoms with Crippen LogP contribution in [0, 0.1) is 5.92 Å². The first kappa shape index (κ1) is 11.8. The topological polar surface area (TPSA) is 3.24 Å². The molecule has 1 fully saturated rings. The molecule has 2 aliphatic rings. The van der Waals surface area contributed by atoms with Crippen molar-refractivity contribution in [2.24, 2.45) is 5.92 Å². The highest BCUT2D eigenvalue weighted by atomic mass is 32.2. The molecule has 0 radical (unpaired) electrons. The Bertz CT molecular complexity index is 316. The highest BCUT2D eigenvalue weighted by Gasteiger charge is 2.40. The van der Waals surface area contributed by atoms with Gasteiger partial charge in [0.25, 0.3) is 0 Å². The fraction of sp³-hybridized carbons (Fsp3) is 0.727. The SMILES string of the molecule is CC(C)(C)N1C(=S)C=C2SCCC2C1S. The summed E-state index contributed by atoms with van der Waals surface area (Å²) in [6.45, 7) is 6.59. The molecule has 0 amide bonds. The molecule has 84 valence electrons. The molecule has 2 atom stereocenters. The minimum absolute atomic E-state index is 0.0682. The third-order valence-electron chi connectivity index (χ3n) is 2.91. The molecule has 0 bridgehead atoms. The minimum Gasteiger partial charge on any atom is -0.346 e. The molecule has 0 spiro atoms. The number of rotatable bonds is 0. The predicted octanol–water partition coefficient (Wildman–Crippen LogP) is 3.32. The summed E-state index contributed by atoms with van der Waals surface area (Å²) < 4.78 is 0. The van der Waals surface area contributed by atoms with E-state index in [2.05, 4.69) is 31.7 Å². The van der Waals surface area contributed by atoms with Crippen LogP contribution in [0.4, 0.5) is 0 Å². The summed E-state index contributed by atoms with van der Waals surface area (Å²) in [5.41, 5.74) is 0.0682. The summed E-state index contributed by atoms with van der Waals surface area (Å²) in [7, 11) is 0. The Hall–Kier alpha value is 0.330. The third kappa shape index (κ3) is 2.08. The molecular formula is C11H17NS3. The van der Waals surface area contributed by atoms with Crippen LogP contribution in [0.5, 0.6) is 0 Å². The van der Waals surface area contributed by atoms with Crippen molar-refractivity contribution in [2.45, 2.75) is 38.1 Å². The van der Waals surface area contributed by atoms with E-state index in [0.717, 1.165) is 4.99 Å². The molecule has 0 aromatic rings. The van der Waals surface area contributed by atoms with E-state index in [9.17, 15) is 0 Å². The summed E-state index contributed by atoms with van der Waals surface area (Å²) in [6, 6.07) is 0. The van der Waals surface area contributed by atoms with Gasteiger partial charge in [-0.15, -0.1) is 11.8 Å². The van der Waals surface area contributed by atoms with E-state index >= 15 is 0 Å². The highest BCUT2D eigenvalue weighted by molar-refractivity contribution is 8.03. The lowest BCUT2D eigenvalue weighted by Gasteiger charge is -2.46. The van der Waals surface area contributed by atoms with Gasteiger partial charge in [-0.25, -0.2) is 0 Å². The molecule has 15 heavy (non-hydrogen) atoms. The van der Waals surface area contributed by atoms with Crippen LogP contribution in [-0.4, -0.2) is 26.6 Å². The lowest BCUT2D eigenvalue weighted by Crippen LogP contribution is -2.52. The molecule has 2 rings (SSSR count). The van der Waals surface area contributed by atoms with Gasteiger partial charge in [0.1, 0.15) is 4.99 Å². The van der Waals surface area contributed by atoms with E-state index in [1.165, 1.54) is 17.1 Å². The van der Waals surface area contributed by atoms with Crippen LogP contribution in [0.25, 0.3) is 0 Å². The molecule has 0 aliphatic carbocycles. The van der Waals surface area contributed by atoms with Crippen molar-refractivity contribution in [1.82, 2.24) is 4.90 Å². The van der Waals surface area contributed by atoms with Gasteiger partial charge in [0, 0.05) is 11.5 Å². The van der Waals surface area contributed by atoms with E-state index in [-0.39, 0.29) is 10.9 Å². The second kappa shape index (κ2) is 3.97. The summed E-state index contributed by atoms with van der Waals surface area (Å²) >= 11 is 12.2. The van der Waals surface area contributed by atoms with Crippen molar-refractivity contribution in [3.05, 3.63) is 11.0 Å². The Labute approximate surface area is 107 Å². The molecule has 2 heterocycles. The number of thioether (sulfide) groups is 1. The normalized spacial score (nSPS) is 31.6. The van der Waals surface area contributed by atoms with E-state index in [4.69, 9.17) is 24.8 Å². The maximum absolute atomic E-state index is 5.46. The van der Waals surface area contributed by atoms with Crippen molar-refractivity contribution in [3.8, 4) is 0 Å². The van der Waals surface area contributed by atoms with Gasteiger partial charge in [-0.05, 0) is 43.9 Å². The summed E-state index contributed by atoms with van der Waals surface area (Å²) in [4.78, 5) is 4.66. The van der Waals surface area contributed by atoms with Gasteiger partial charge in [-0.1, -0.05) is 12.2 Å². The maximum atomic E-state index is 5.46. The monoisotopic (exact) mass is 259 g/mol. The molecule has 0 aromatic heterocycles. The first-order valence-electron chi connectivity index (χ1n) is 5.27. The van der Waals surface area contributed by atoms with Crippen LogP contribution < -0.4 is 0 Å². The summed E-state index contributed by atoms with van der Waals surface area (Å²) in [5.74, 6) is 1.80. The van der Waals surface area contributed by atoms with Gasteiger partial charge in [0.2, 0.25) is 0 Å². The quantitative estimate of drug-likeness (QED) is 0.525. The van der Waals surface area contributed by atoms with Crippen LogP contribution in [0.1, 0.15) is 27.2 Å². The van der Waals surface area contributed by atoms with Crippen molar-refractivity contribution < 1.29 is 0 Å². The molecule has 1 nitrogen and oxygen atoms in total. The zero-order valence-electron chi connectivity index (χ0n) is 9.36. The molecule has 2 unspecified atom stereocenters. The van der Waals surface area contributed by atoms with Crippen LogP contribution in [0.3, 0.4) is 0 Å². The van der Waals surface area contributed by atoms with Gasteiger partial charge in [-0.3, -0.25) is 0 Å². The third-order valence-corrected chi connectivity index (χ3v) is 5.01. The average Bonchev–Trinajstić information content (AvgIpc) is 2.48. The first-order valence-corrected chi connectivity index (χ1v) is 7.18. The second-order valence-corrected chi connectivity index (χ2v) is 7.20. The lowest BCUT2D eigenvalue weighted by molar-refractivity contribution is 0.197. The molecular weight excluding hydrogens is 242 g/mol. The van der Waals surface area contributed by atoms with Gasteiger partial charge in [-0.2, -0.15) is 12.6 Å². The number of hydrogen-bond acceptors (Lipinski definition) is 3. The number of thiocarbonyl (C=S) groups is 1. The van der Waals surface area contributed by atoms with E-state index in [1.807, 2.05) is 11.8 Å². The average molecular weight is 259 g/mol. The van der Waals surface area contributed by atoms with Gasteiger partial charge in [0.05, 0.1) is 5.37 Å². The first-order chi connectivity index (χ1) is 6.91. The fourth-order valence-electron chi connectivity index (χ4n) is 2.23. The van der Waals surface area contributed by atoms with Crippen LogP contribution in [0.15, 0.2) is 11.0 Å². The maximum Gasteiger partial charge on any atom is 0.104 e. The Morgan fingerprint density at radius 2 is 2.20 bits per heavy atom.